The number of fused-ring (bicyclic) bond motifs is 1. The fraction of sp³-hybridized carbons (Fsp3) is 0.238. The van der Waals surface area contributed by atoms with Crippen LogP contribution in [0.1, 0.15) is 17.2 Å². The predicted octanol–water partition coefficient (Wildman–Crippen LogP) is 3.64. The zero-order valence-electron chi connectivity index (χ0n) is 15.2. The Bertz CT molecular complexity index is 903. The van der Waals surface area contributed by atoms with Crippen molar-refractivity contribution < 1.29 is 9.18 Å². The van der Waals surface area contributed by atoms with E-state index in [0.717, 1.165) is 21.9 Å². The van der Waals surface area contributed by atoms with E-state index in [0.29, 0.717) is 6.54 Å². The molecule has 26 heavy (non-hydrogen) atoms. The van der Waals surface area contributed by atoms with E-state index in [4.69, 9.17) is 0 Å². The number of amides is 1. The van der Waals surface area contributed by atoms with E-state index >= 15 is 0 Å². The smallest absolute Gasteiger partial charge is 0.244 e. The lowest BCUT2D eigenvalue weighted by atomic mass is 10.0. The Balaban J connectivity index is 1.86. The number of rotatable bonds is 5. The molecule has 0 aliphatic carbocycles. The Morgan fingerprint density at radius 3 is 2.50 bits per heavy atom. The van der Waals surface area contributed by atoms with Gasteiger partial charge in [-0.25, -0.2) is 4.39 Å². The van der Waals surface area contributed by atoms with Gasteiger partial charge in [-0.05, 0) is 48.8 Å². The maximum Gasteiger partial charge on any atom is 0.244 e. The van der Waals surface area contributed by atoms with Crippen molar-refractivity contribution in [1.82, 2.24) is 14.8 Å². The molecular weight excluding hydrogens is 329 g/mol. The van der Waals surface area contributed by atoms with Crippen LogP contribution in [0.5, 0.6) is 0 Å². The molecule has 0 radical (unpaired) electrons. The molecule has 3 aromatic rings. The normalized spacial score (nSPS) is 12.3. The zero-order valence-corrected chi connectivity index (χ0v) is 15.2. The number of halogens is 1. The van der Waals surface area contributed by atoms with Gasteiger partial charge in [-0.3, -0.25) is 14.7 Å². The fourth-order valence-electron chi connectivity index (χ4n) is 3.18. The van der Waals surface area contributed by atoms with E-state index in [-0.39, 0.29) is 11.7 Å². The molecule has 1 heterocycles. The van der Waals surface area contributed by atoms with Crippen molar-refractivity contribution in [1.29, 1.82) is 0 Å². The summed E-state index contributed by atoms with van der Waals surface area (Å²) in [5.74, 6) is -0.343. The van der Waals surface area contributed by atoms with Crippen molar-refractivity contribution in [2.24, 2.45) is 0 Å². The van der Waals surface area contributed by atoms with Gasteiger partial charge in [-0.1, -0.05) is 30.3 Å². The number of likely N-dealkylation sites (N-methyl/N-ethyl adjacent to an activating group) is 2. The van der Waals surface area contributed by atoms with Crippen LogP contribution < -0.4 is 0 Å². The van der Waals surface area contributed by atoms with Crippen molar-refractivity contribution in [3.8, 4) is 0 Å². The number of carbonyl (C=O) groups is 1. The molecule has 0 saturated carbocycles. The van der Waals surface area contributed by atoms with Crippen molar-refractivity contribution in [3.63, 3.8) is 0 Å². The number of hydrogen-bond acceptors (Lipinski definition) is 3. The molecule has 1 unspecified atom stereocenters. The van der Waals surface area contributed by atoms with Gasteiger partial charge in [0.2, 0.25) is 5.91 Å². The maximum atomic E-state index is 13.2. The van der Waals surface area contributed by atoms with Crippen molar-refractivity contribution in [3.05, 3.63) is 77.9 Å². The lowest BCUT2D eigenvalue weighted by Gasteiger charge is -2.29. The van der Waals surface area contributed by atoms with E-state index in [9.17, 15) is 9.18 Å². The third-order valence-corrected chi connectivity index (χ3v) is 4.49. The first-order valence-corrected chi connectivity index (χ1v) is 8.46. The van der Waals surface area contributed by atoms with Gasteiger partial charge in [0.15, 0.2) is 0 Å². The largest absolute Gasteiger partial charge is 0.340 e. The Kier molecular flexibility index (Phi) is 5.28. The molecule has 1 amide bonds. The third-order valence-electron chi connectivity index (χ3n) is 4.49. The van der Waals surface area contributed by atoms with Gasteiger partial charge < -0.3 is 4.90 Å². The number of pyridine rings is 1. The molecule has 2 aromatic carbocycles. The molecule has 3 rings (SSSR count). The highest BCUT2D eigenvalue weighted by Crippen LogP contribution is 2.24. The highest BCUT2D eigenvalue weighted by atomic mass is 19.1. The first-order valence-electron chi connectivity index (χ1n) is 8.46. The molecule has 0 N–H and O–H groups in total. The van der Waals surface area contributed by atoms with Crippen LogP contribution in [0.25, 0.3) is 10.8 Å². The summed E-state index contributed by atoms with van der Waals surface area (Å²) in [6.45, 7) is 0.492. The van der Waals surface area contributed by atoms with Crippen LogP contribution in [0.2, 0.25) is 0 Å². The Hall–Kier alpha value is -2.79. The molecule has 0 bridgehead atoms. The topological polar surface area (TPSA) is 36.4 Å². The van der Waals surface area contributed by atoms with E-state index in [1.165, 1.54) is 12.1 Å². The highest BCUT2D eigenvalue weighted by molar-refractivity contribution is 5.86. The summed E-state index contributed by atoms with van der Waals surface area (Å²) in [5, 5.41) is 2.14. The maximum absolute atomic E-state index is 13.2. The molecule has 0 fully saturated rings. The SMILES string of the molecule is CN(Cc1cccc2cnccc12)C(=O)C(c1ccc(F)cc1)N(C)C. The Labute approximate surface area is 152 Å². The average molecular weight is 351 g/mol. The molecule has 0 spiro atoms. The zero-order chi connectivity index (χ0) is 18.7. The minimum Gasteiger partial charge on any atom is -0.340 e. The molecule has 0 aliphatic rings. The number of hydrogen-bond donors (Lipinski definition) is 0. The van der Waals surface area contributed by atoms with Crippen LogP contribution in [-0.2, 0) is 11.3 Å². The molecule has 134 valence electrons. The third kappa shape index (κ3) is 3.73. The number of carbonyl (C=O) groups excluding carboxylic acids is 1. The molecule has 0 aliphatic heterocycles. The summed E-state index contributed by atoms with van der Waals surface area (Å²) >= 11 is 0. The van der Waals surface area contributed by atoms with E-state index in [1.807, 2.05) is 49.5 Å². The minimum atomic E-state index is -0.461. The Morgan fingerprint density at radius 1 is 1.08 bits per heavy atom. The van der Waals surface area contributed by atoms with Crippen LogP contribution >= 0.6 is 0 Å². The van der Waals surface area contributed by atoms with Crippen LogP contribution in [0.4, 0.5) is 4.39 Å². The summed E-state index contributed by atoms with van der Waals surface area (Å²) < 4.78 is 13.2. The quantitative estimate of drug-likeness (QED) is 0.704. The monoisotopic (exact) mass is 351 g/mol. The van der Waals surface area contributed by atoms with E-state index in [2.05, 4.69) is 4.98 Å². The van der Waals surface area contributed by atoms with Crippen molar-refractivity contribution in [2.45, 2.75) is 12.6 Å². The van der Waals surface area contributed by atoms with Gasteiger partial charge in [-0.15, -0.1) is 0 Å². The first-order chi connectivity index (χ1) is 12.5. The molecule has 5 heteroatoms. The average Bonchev–Trinajstić information content (AvgIpc) is 2.63. The summed E-state index contributed by atoms with van der Waals surface area (Å²) in [6, 6.07) is 13.6. The predicted molar refractivity (Wildman–Crippen MR) is 101 cm³/mol. The first kappa shape index (κ1) is 18.0. The lowest BCUT2D eigenvalue weighted by molar-refractivity contribution is -0.135. The van der Waals surface area contributed by atoms with Crippen LogP contribution in [0.3, 0.4) is 0 Å². The minimum absolute atomic E-state index is 0.0346. The van der Waals surface area contributed by atoms with Gasteiger partial charge in [-0.2, -0.15) is 0 Å². The summed E-state index contributed by atoms with van der Waals surface area (Å²) in [4.78, 5) is 20.8. The fourth-order valence-corrected chi connectivity index (χ4v) is 3.18. The standard InChI is InChI=1S/C21H22FN3O/c1-24(2)20(15-7-9-18(22)10-8-15)21(26)25(3)14-17-6-4-5-16-13-23-12-11-19(16)17/h4-13,20H,14H2,1-3H3. The van der Waals surface area contributed by atoms with Crippen LogP contribution in [-0.4, -0.2) is 41.8 Å². The van der Waals surface area contributed by atoms with Crippen LogP contribution in [0, 0.1) is 5.82 Å². The summed E-state index contributed by atoms with van der Waals surface area (Å²) in [5.41, 5.74) is 1.84. The van der Waals surface area contributed by atoms with Gasteiger partial charge in [0.25, 0.3) is 0 Å². The van der Waals surface area contributed by atoms with Gasteiger partial charge >= 0.3 is 0 Å². The van der Waals surface area contributed by atoms with Crippen LogP contribution in [0.15, 0.2) is 60.9 Å². The molecular formula is C21H22FN3O. The van der Waals surface area contributed by atoms with Gasteiger partial charge in [0.1, 0.15) is 11.9 Å². The molecule has 1 aromatic heterocycles. The number of nitrogens with zero attached hydrogens (tertiary/aromatic N) is 3. The lowest BCUT2D eigenvalue weighted by Crippen LogP contribution is -2.38. The number of aromatic nitrogens is 1. The second-order valence-electron chi connectivity index (χ2n) is 6.63. The molecule has 1 atom stereocenters. The van der Waals surface area contributed by atoms with Gasteiger partial charge in [0.05, 0.1) is 0 Å². The Morgan fingerprint density at radius 2 is 1.81 bits per heavy atom. The highest BCUT2D eigenvalue weighted by Gasteiger charge is 2.26. The molecule has 4 nitrogen and oxygen atoms in total. The second kappa shape index (κ2) is 7.62. The number of benzene rings is 2. The van der Waals surface area contributed by atoms with Crippen molar-refractivity contribution in [2.75, 3.05) is 21.1 Å². The van der Waals surface area contributed by atoms with Gasteiger partial charge in [0, 0.05) is 31.4 Å². The van der Waals surface area contributed by atoms with E-state index < -0.39 is 6.04 Å². The van der Waals surface area contributed by atoms with E-state index in [1.54, 1.807) is 30.3 Å². The summed E-state index contributed by atoms with van der Waals surface area (Å²) in [6.07, 6.45) is 3.58. The molecule has 0 saturated heterocycles. The second-order valence-corrected chi connectivity index (χ2v) is 6.63. The summed E-state index contributed by atoms with van der Waals surface area (Å²) in [7, 11) is 5.50. The van der Waals surface area contributed by atoms with Crippen molar-refractivity contribution >= 4 is 16.7 Å².